The third kappa shape index (κ3) is 2.68. The predicted molar refractivity (Wildman–Crippen MR) is 97.4 cm³/mol. The number of rotatable bonds is 2. The maximum Gasteiger partial charge on any atom is 0.165 e. The third-order valence-corrected chi connectivity index (χ3v) is 4.63. The Kier molecular flexibility index (Phi) is 3.81. The molecule has 1 saturated heterocycles. The van der Waals surface area contributed by atoms with Crippen LogP contribution >= 0.6 is 0 Å². The monoisotopic (exact) mass is 319 g/mol. The van der Waals surface area contributed by atoms with Crippen molar-refractivity contribution in [2.45, 2.75) is 26.2 Å². The number of aromatic hydroxyl groups is 1. The van der Waals surface area contributed by atoms with Crippen molar-refractivity contribution in [1.82, 2.24) is 9.97 Å². The summed E-state index contributed by atoms with van der Waals surface area (Å²) in [7, 11) is 0. The van der Waals surface area contributed by atoms with Crippen molar-refractivity contribution in [2.24, 2.45) is 0 Å². The summed E-state index contributed by atoms with van der Waals surface area (Å²) < 4.78 is 0. The van der Waals surface area contributed by atoms with Crippen LogP contribution in [0.15, 0.2) is 42.5 Å². The van der Waals surface area contributed by atoms with Crippen LogP contribution in [0.25, 0.3) is 22.3 Å². The summed E-state index contributed by atoms with van der Waals surface area (Å²) in [6, 6.07) is 13.5. The average Bonchev–Trinajstić information content (AvgIpc) is 2.62. The lowest BCUT2D eigenvalue weighted by Gasteiger charge is -2.29. The zero-order chi connectivity index (χ0) is 16.5. The normalized spacial score (nSPS) is 15.0. The average molecular weight is 319 g/mol. The molecule has 0 spiro atoms. The molecule has 1 aliphatic rings. The van der Waals surface area contributed by atoms with Gasteiger partial charge in [0.2, 0.25) is 0 Å². The molecule has 2 aromatic carbocycles. The maximum absolute atomic E-state index is 10.2. The van der Waals surface area contributed by atoms with Crippen LogP contribution in [0.2, 0.25) is 0 Å². The Hall–Kier alpha value is -2.62. The molecular formula is C20H21N3O. The second-order valence-corrected chi connectivity index (χ2v) is 6.46. The van der Waals surface area contributed by atoms with Crippen LogP contribution < -0.4 is 4.90 Å². The summed E-state index contributed by atoms with van der Waals surface area (Å²) in [6.07, 6.45) is 3.68. The molecule has 0 bridgehead atoms. The van der Waals surface area contributed by atoms with Gasteiger partial charge in [0.05, 0.1) is 11.1 Å². The third-order valence-electron chi connectivity index (χ3n) is 4.63. The van der Waals surface area contributed by atoms with Crippen molar-refractivity contribution < 1.29 is 5.11 Å². The summed E-state index contributed by atoms with van der Waals surface area (Å²) in [5, 5.41) is 11.3. The second kappa shape index (κ2) is 6.11. The van der Waals surface area contributed by atoms with E-state index < -0.39 is 0 Å². The molecule has 1 fully saturated rings. The van der Waals surface area contributed by atoms with Gasteiger partial charge in [-0.1, -0.05) is 23.8 Å². The molecule has 0 atom stereocenters. The van der Waals surface area contributed by atoms with Gasteiger partial charge < -0.3 is 10.0 Å². The van der Waals surface area contributed by atoms with Crippen molar-refractivity contribution in [2.75, 3.05) is 18.0 Å². The molecule has 0 radical (unpaired) electrons. The molecule has 1 aromatic heterocycles. The highest BCUT2D eigenvalue weighted by Gasteiger charge is 2.18. The number of aromatic nitrogens is 2. The number of fused-ring (bicyclic) bond motifs is 1. The first-order valence-corrected chi connectivity index (χ1v) is 8.54. The molecular weight excluding hydrogens is 298 g/mol. The Bertz CT molecular complexity index is 885. The molecule has 0 unspecified atom stereocenters. The van der Waals surface area contributed by atoms with E-state index in [2.05, 4.69) is 24.0 Å². The van der Waals surface area contributed by atoms with Gasteiger partial charge in [0.1, 0.15) is 11.6 Å². The van der Waals surface area contributed by atoms with Crippen LogP contribution in [0.1, 0.15) is 24.8 Å². The van der Waals surface area contributed by atoms with Crippen molar-refractivity contribution in [3.8, 4) is 17.1 Å². The molecule has 4 rings (SSSR count). The molecule has 1 aliphatic heterocycles. The molecule has 0 saturated carbocycles. The number of aryl methyl sites for hydroxylation is 1. The highest BCUT2D eigenvalue weighted by atomic mass is 16.3. The van der Waals surface area contributed by atoms with Crippen molar-refractivity contribution in [1.29, 1.82) is 0 Å². The quantitative estimate of drug-likeness (QED) is 0.765. The lowest BCUT2D eigenvalue weighted by molar-refractivity contribution is 0.477. The first kappa shape index (κ1) is 14.9. The lowest BCUT2D eigenvalue weighted by Crippen LogP contribution is -2.30. The van der Waals surface area contributed by atoms with E-state index in [1.807, 2.05) is 24.3 Å². The van der Waals surface area contributed by atoms with E-state index in [4.69, 9.17) is 9.97 Å². The Morgan fingerprint density at radius 3 is 2.54 bits per heavy atom. The van der Waals surface area contributed by atoms with E-state index in [1.165, 1.54) is 24.8 Å². The van der Waals surface area contributed by atoms with Gasteiger partial charge in [-0.15, -0.1) is 0 Å². The Balaban J connectivity index is 1.93. The van der Waals surface area contributed by atoms with Crippen LogP contribution in [0.5, 0.6) is 5.75 Å². The summed E-state index contributed by atoms with van der Waals surface area (Å²) in [6.45, 7) is 4.15. The van der Waals surface area contributed by atoms with E-state index in [-0.39, 0.29) is 5.75 Å². The van der Waals surface area contributed by atoms with Crippen molar-refractivity contribution in [3.63, 3.8) is 0 Å². The van der Waals surface area contributed by atoms with Gasteiger partial charge in [0.25, 0.3) is 0 Å². The molecule has 4 heteroatoms. The Morgan fingerprint density at radius 1 is 0.958 bits per heavy atom. The smallest absolute Gasteiger partial charge is 0.165 e. The first-order chi connectivity index (χ1) is 11.7. The zero-order valence-electron chi connectivity index (χ0n) is 13.9. The number of anilines is 1. The molecule has 0 aliphatic carbocycles. The number of hydrogen-bond donors (Lipinski definition) is 1. The standard InChI is InChI=1S/C20H21N3O/c1-14-9-10-17-16(13-14)20(23-11-5-2-6-12-23)22-19(21-17)15-7-3-4-8-18(15)24/h3-4,7-10,13,24H,2,5-6,11-12H2,1H3. The summed E-state index contributed by atoms with van der Waals surface area (Å²) >= 11 is 0. The number of phenols is 1. The number of benzene rings is 2. The Morgan fingerprint density at radius 2 is 1.75 bits per heavy atom. The molecule has 4 nitrogen and oxygen atoms in total. The first-order valence-electron chi connectivity index (χ1n) is 8.54. The molecule has 0 amide bonds. The largest absolute Gasteiger partial charge is 0.507 e. The molecule has 122 valence electrons. The lowest BCUT2D eigenvalue weighted by atomic mass is 10.1. The van der Waals surface area contributed by atoms with Gasteiger partial charge in [0, 0.05) is 18.5 Å². The van der Waals surface area contributed by atoms with E-state index in [1.54, 1.807) is 6.07 Å². The molecule has 1 N–H and O–H groups in total. The van der Waals surface area contributed by atoms with Gasteiger partial charge in [-0.05, 0) is 50.5 Å². The highest BCUT2D eigenvalue weighted by molar-refractivity contribution is 5.92. The minimum absolute atomic E-state index is 0.216. The van der Waals surface area contributed by atoms with Crippen molar-refractivity contribution >= 4 is 16.7 Å². The van der Waals surface area contributed by atoms with Crippen LogP contribution in [0.3, 0.4) is 0 Å². The highest BCUT2D eigenvalue weighted by Crippen LogP contribution is 2.32. The van der Waals surface area contributed by atoms with Gasteiger partial charge in [-0.25, -0.2) is 9.97 Å². The van der Waals surface area contributed by atoms with Crippen molar-refractivity contribution in [3.05, 3.63) is 48.0 Å². The van der Waals surface area contributed by atoms with Gasteiger partial charge >= 0.3 is 0 Å². The second-order valence-electron chi connectivity index (χ2n) is 6.46. The van der Waals surface area contributed by atoms with E-state index >= 15 is 0 Å². The van der Waals surface area contributed by atoms with E-state index in [0.717, 1.165) is 29.8 Å². The van der Waals surface area contributed by atoms with Crippen LogP contribution in [0, 0.1) is 6.92 Å². The predicted octanol–water partition coefficient (Wildman–Crippen LogP) is 4.30. The van der Waals surface area contributed by atoms with Gasteiger partial charge in [-0.2, -0.15) is 0 Å². The fraction of sp³-hybridized carbons (Fsp3) is 0.300. The molecule has 2 heterocycles. The van der Waals surface area contributed by atoms with Gasteiger partial charge in [0.15, 0.2) is 5.82 Å². The fourth-order valence-electron chi connectivity index (χ4n) is 3.36. The van der Waals surface area contributed by atoms with E-state index in [0.29, 0.717) is 11.4 Å². The van der Waals surface area contributed by atoms with E-state index in [9.17, 15) is 5.11 Å². The topological polar surface area (TPSA) is 49.3 Å². The number of para-hydroxylation sites is 1. The summed E-state index contributed by atoms with van der Waals surface area (Å²) in [4.78, 5) is 11.9. The number of piperidine rings is 1. The van der Waals surface area contributed by atoms with Crippen LogP contribution in [0.4, 0.5) is 5.82 Å². The molecule has 3 aromatic rings. The van der Waals surface area contributed by atoms with Crippen LogP contribution in [-0.4, -0.2) is 28.2 Å². The minimum Gasteiger partial charge on any atom is -0.507 e. The molecule has 24 heavy (non-hydrogen) atoms. The maximum atomic E-state index is 10.2. The SMILES string of the molecule is Cc1ccc2nc(-c3ccccc3O)nc(N3CCCCC3)c2c1. The number of nitrogens with zero attached hydrogens (tertiary/aromatic N) is 3. The number of phenolic OH excluding ortho intramolecular Hbond substituents is 1. The fourth-order valence-corrected chi connectivity index (χ4v) is 3.36. The summed E-state index contributed by atoms with van der Waals surface area (Å²) in [5.41, 5.74) is 2.81. The Labute approximate surface area is 141 Å². The number of hydrogen-bond acceptors (Lipinski definition) is 4. The van der Waals surface area contributed by atoms with Crippen LogP contribution in [-0.2, 0) is 0 Å². The minimum atomic E-state index is 0.216. The summed E-state index contributed by atoms with van der Waals surface area (Å²) in [5.74, 6) is 1.79. The van der Waals surface area contributed by atoms with Gasteiger partial charge in [-0.3, -0.25) is 0 Å². The zero-order valence-corrected chi connectivity index (χ0v) is 13.9.